The summed E-state index contributed by atoms with van der Waals surface area (Å²) in [7, 11) is 0. The number of benzene rings is 1. The van der Waals surface area contributed by atoms with Crippen LogP contribution in [0.5, 0.6) is 0 Å². The first-order valence-corrected chi connectivity index (χ1v) is 7.64. The Hall–Kier alpha value is -1.94. The first-order chi connectivity index (χ1) is 10.3. The average molecular weight is 283 g/mol. The first kappa shape index (κ1) is 14.0. The third kappa shape index (κ3) is 3.22. The number of hydrogen-bond donors (Lipinski definition) is 2. The van der Waals surface area contributed by atoms with Gasteiger partial charge in [-0.1, -0.05) is 18.6 Å². The molecule has 2 aromatic rings. The Bertz CT molecular complexity index is 657. The fraction of sp³-hybridized carbons (Fsp3) is 0.412. The number of H-pyrrole nitrogens is 1. The monoisotopic (exact) mass is 283 g/mol. The number of unbranched alkanes of at least 4 members (excludes halogenated alkanes) is 1. The fourth-order valence-electron chi connectivity index (χ4n) is 3.16. The summed E-state index contributed by atoms with van der Waals surface area (Å²) in [5.41, 5.74) is 10.2. The molecule has 21 heavy (non-hydrogen) atoms. The molecule has 1 heterocycles. The number of hydrogen-bond acceptors (Lipinski definition) is 3. The van der Waals surface area contributed by atoms with Gasteiger partial charge in [0.1, 0.15) is 0 Å². The molecule has 0 bridgehead atoms. The second kappa shape index (κ2) is 6.22. The van der Waals surface area contributed by atoms with Gasteiger partial charge in [-0.2, -0.15) is 5.10 Å². The van der Waals surface area contributed by atoms with Crippen molar-refractivity contribution < 1.29 is 0 Å². The van der Waals surface area contributed by atoms with Gasteiger partial charge in [-0.3, -0.25) is 4.79 Å². The molecule has 3 N–H and O–H groups in total. The van der Waals surface area contributed by atoms with Crippen LogP contribution in [0.2, 0.25) is 0 Å². The van der Waals surface area contributed by atoms with Crippen molar-refractivity contribution in [2.75, 3.05) is 6.54 Å². The van der Waals surface area contributed by atoms with Crippen LogP contribution in [0.25, 0.3) is 11.3 Å². The summed E-state index contributed by atoms with van der Waals surface area (Å²) in [6.07, 6.45) is 5.94. The summed E-state index contributed by atoms with van der Waals surface area (Å²) in [5, 5.41) is 6.59. The zero-order valence-electron chi connectivity index (χ0n) is 12.1. The van der Waals surface area contributed by atoms with Crippen LogP contribution in [0.3, 0.4) is 0 Å². The molecule has 0 saturated carbocycles. The Labute approximate surface area is 124 Å². The van der Waals surface area contributed by atoms with E-state index in [4.69, 9.17) is 5.73 Å². The van der Waals surface area contributed by atoms with E-state index in [0.717, 1.165) is 36.6 Å². The number of nitrogens with one attached hydrogen (secondary N) is 1. The molecule has 4 nitrogen and oxygen atoms in total. The number of aromatic nitrogens is 2. The summed E-state index contributed by atoms with van der Waals surface area (Å²) in [6, 6.07) is 9.82. The molecule has 0 fully saturated rings. The second-order valence-corrected chi connectivity index (χ2v) is 5.85. The van der Waals surface area contributed by atoms with E-state index in [1.54, 1.807) is 6.07 Å². The molecular formula is C17H21N3O. The molecule has 0 spiro atoms. The van der Waals surface area contributed by atoms with Crippen LogP contribution in [-0.2, 0) is 12.8 Å². The quantitative estimate of drug-likeness (QED) is 0.827. The van der Waals surface area contributed by atoms with E-state index in [0.29, 0.717) is 0 Å². The Morgan fingerprint density at radius 1 is 1.14 bits per heavy atom. The largest absolute Gasteiger partial charge is 0.330 e. The maximum Gasteiger partial charge on any atom is 0.264 e. The van der Waals surface area contributed by atoms with Crippen LogP contribution < -0.4 is 11.3 Å². The normalized spacial score (nSPS) is 16.9. The van der Waals surface area contributed by atoms with Gasteiger partial charge in [-0.25, -0.2) is 5.10 Å². The van der Waals surface area contributed by atoms with Crippen molar-refractivity contribution in [3.63, 3.8) is 0 Å². The summed E-state index contributed by atoms with van der Waals surface area (Å²) in [4.78, 5) is 11.1. The number of rotatable bonds is 5. The number of aromatic amines is 1. The maximum atomic E-state index is 11.1. The lowest BCUT2D eigenvalue weighted by atomic mass is 9.99. The van der Waals surface area contributed by atoms with E-state index >= 15 is 0 Å². The highest BCUT2D eigenvalue weighted by atomic mass is 16.1. The lowest BCUT2D eigenvalue weighted by molar-refractivity contribution is 0.484. The summed E-state index contributed by atoms with van der Waals surface area (Å²) in [5.74, 6) is 0.755. The molecule has 0 aliphatic heterocycles. The molecular weight excluding hydrogens is 262 g/mol. The van der Waals surface area contributed by atoms with E-state index in [1.165, 1.54) is 36.5 Å². The molecule has 0 amide bonds. The van der Waals surface area contributed by atoms with Crippen molar-refractivity contribution in [3.05, 3.63) is 51.8 Å². The average Bonchev–Trinajstić information content (AvgIpc) is 2.90. The van der Waals surface area contributed by atoms with Crippen LogP contribution in [0.15, 0.2) is 35.1 Å². The van der Waals surface area contributed by atoms with Crippen LogP contribution >= 0.6 is 0 Å². The van der Waals surface area contributed by atoms with Gasteiger partial charge in [0.2, 0.25) is 0 Å². The minimum atomic E-state index is -0.167. The Morgan fingerprint density at radius 3 is 2.76 bits per heavy atom. The third-order valence-electron chi connectivity index (χ3n) is 4.26. The molecule has 1 aliphatic rings. The van der Waals surface area contributed by atoms with E-state index < -0.39 is 0 Å². The van der Waals surface area contributed by atoms with Crippen molar-refractivity contribution in [2.45, 2.75) is 32.1 Å². The van der Waals surface area contributed by atoms with Crippen LogP contribution in [0.4, 0.5) is 0 Å². The lowest BCUT2D eigenvalue weighted by Crippen LogP contribution is -2.05. The minimum absolute atomic E-state index is 0.167. The SMILES string of the molecule is NCCCCC1Cc2ccc(-c3ccc(=O)[nH]n3)cc2C1. The van der Waals surface area contributed by atoms with Crippen molar-refractivity contribution in [2.24, 2.45) is 11.7 Å². The van der Waals surface area contributed by atoms with Crippen molar-refractivity contribution >= 4 is 0 Å². The molecule has 4 heteroatoms. The van der Waals surface area contributed by atoms with Crippen LogP contribution in [0, 0.1) is 5.92 Å². The van der Waals surface area contributed by atoms with Crippen LogP contribution in [-0.4, -0.2) is 16.7 Å². The maximum absolute atomic E-state index is 11.1. The molecule has 3 rings (SSSR count). The minimum Gasteiger partial charge on any atom is -0.330 e. The predicted molar refractivity (Wildman–Crippen MR) is 84.1 cm³/mol. The number of fused-ring (bicyclic) bond motifs is 1. The zero-order valence-corrected chi connectivity index (χ0v) is 12.1. The van der Waals surface area contributed by atoms with Gasteiger partial charge in [-0.15, -0.1) is 0 Å². The smallest absolute Gasteiger partial charge is 0.264 e. The highest BCUT2D eigenvalue weighted by molar-refractivity contribution is 5.61. The fourth-order valence-corrected chi connectivity index (χ4v) is 3.16. The molecule has 0 radical (unpaired) electrons. The van der Waals surface area contributed by atoms with Crippen LogP contribution in [0.1, 0.15) is 30.4 Å². The van der Waals surface area contributed by atoms with Crippen molar-refractivity contribution in [1.82, 2.24) is 10.2 Å². The van der Waals surface area contributed by atoms with E-state index in [9.17, 15) is 4.79 Å². The number of nitrogens with zero attached hydrogens (tertiary/aromatic N) is 1. The van der Waals surface area contributed by atoms with E-state index in [-0.39, 0.29) is 5.56 Å². The lowest BCUT2D eigenvalue weighted by Gasteiger charge is -2.07. The van der Waals surface area contributed by atoms with Gasteiger partial charge < -0.3 is 5.73 Å². The van der Waals surface area contributed by atoms with Gasteiger partial charge in [0.25, 0.3) is 5.56 Å². The molecule has 1 aliphatic carbocycles. The second-order valence-electron chi connectivity index (χ2n) is 5.85. The van der Waals surface area contributed by atoms with Gasteiger partial charge in [0, 0.05) is 11.6 Å². The molecule has 1 unspecified atom stereocenters. The standard InChI is InChI=1S/C17H21N3O/c18-8-2-1-3-12-9-13-4-5-14(11-15(13)10-12)16-6-7-17(21)20-19-16/h4-7,11-12H,1-3,8-10,18H2,(H,20,21). The zero-order chi connectivity index (χ0) is 14.7. The molecule has 1 atom stereocenters. The Kier molecular flexibility index (Phi) is 4.15. The van der Waals surface area contributed by atoms with Crippen molar-refractivity contribution in [3.8, 4) is 11.3 Å². The molecule has 0 saturated heterocycles. The summed E-state index contributed by atoms with van der Waals surface area (Å²) in [6.45, 7) is 0.793. The van der Waals surface area contributed by atoms with Gasteiger partial charge in [0.05, 0.1) is 5.69 Å². The van der Waals surface area contributed by atoms with Gasteiger partial charge in [-0.05, 0) is 61.4 Å². The van der Waals surface area contributed by atoms with E-state index in [2.05, 4.69) is 28.4 Å². The molecule has 110 valence electrons. The Balaban J connectivity index is 1.74. The van der Waals surface area contributed by atoms with Gasteiger partial charge >= 0.3 is 0 Å². The highest BCUT2D eigenvalue weighted by Gasteiger charge is 2.21. The number of nitrogens with two attached hydrogens (primary N) is 1. The van der Waals surface area contributed by atoms with Crippen molar-refractivity contribution in [1.29, 1.82) is 0 Å². The molecule has 1 aromatic carbocycles. The molecule has 1 aromatic heterocycles. The summed E-state index contributed by atoms with van der Waals surface area (Å²) < 4.78 is 0. The Morgan fingerprint density at radius 2 is 2.00 bits per heavy atom. The predicted octanol–water partition coefficient (Wildman–Crippen LogP) is 2.28. The highest BCUT2D eigenvalue weighted by Crippen LogP contribution is 2.32. The first-order valence-electron chi connectivity index (χ1n) is 7.64. The third-order valence-corrected chi connectivity index (χ3v) is 4.26. The van der Waals surface area contributed by atoms with Gasteiger partial charge in [0.15, 0.2) is 0 Å². The topological polar surface area (TPSA) is 71.8 Å². The van der Waals surface area contributed by atoms with E-state index in [1.807, 2.05) is 0 Å². The summed E-state index contributed by atoms with van der Waals surface area (Å²) >= 11 is 0.